The topological polar surface area (TPSA) is 9.23 Å². The van der Waals surface area contributed by atoms with Gasteiger partial charge in [-0.15, -0.1) is 0 Å². The van der Waals surface area contributed by atoms with Crippen molar-refractivity contribution in [3.05, 3.63) is 71.5 Å². The number of benzene rings is 2. The Hall–Kier alpha value is -2.28. The van der Waals surface area contributed by atoms with Gasteiger partial charge in [-0.1, -0.05) is 36.4 Å². The third-order valence-corrected chi connectivity index (χ3v) is 3.47. The van der Waals surface area contributed by atoms with Gasteiger partial charge in [0, 0.05) is 5.56 Å². The summed E-state index contributed by atoms with van der Waals surface area (Å²) in [6, 6.07) is 12.7. The smallest absolute Gasteiger partial charge is 0.135 e. The highest BCUT2D eigenvalue weighted by molar-refractivity contribution is 5.88. The molecule has 1 heteroatoms. The summed E-state index contributed by atoms with van der Waals surface area (Å²) in [5, 5.41) is 2.48. The minimum absolute atomic E-state index is 0.956. The van der Waals surface area contributed by atoms with Gasteiger partial charge in [-0.2, -0.15) is 0 Å². The van der Waals surface area contributed by atoms with Gasteiger partial charge < -0.3 is 4.74 Å². The molecule has 0 fully saturated rings. The van der Waals surface area contributed by atoms with E-state index in [2.05, 4.69) is 54.6 Å². The third-order valence-electron chi connectivity index (χ3n) is 3.47. The van der Waals surface area contributed by atoms with Crippen LogP contribution < -0.4 is 4.74 Å². The lowest BCUT2D eigenvalue weighted by atomic mass is 9.97. The maximum absolute atomic E-state index is 5.99. The molecule has 0 spiro atoms. The second kappa shape index (κ2) is 3.61. The second-order valence-corrected chi connectivity index (χ2v) is 4.67. The highest BCUT2D eigenvalue weighted by atomic mass is 16.5. The Bertz CT molecular complexity index is 732. The van der Waals surface area contributed by atoms with Crippen LogP contribution in [0.3, 0.4) is 0 Å². The summed E-state index contributed by atoms with van der Waals surface area (Å²) >= 11 is 0. The molecule has 0 N–H and O–H groups in total. The van der Waals surface area contributed by atoms with Crippen LogP contribution in [0.1, 0.15) is 12.0 Å². The lowest BCUT2D eigenvalue weighted by molar-refractivity contribution is 0.428. The van der Waals surface area contributed by atoms with Gasteiger partial charge in [-0.25, -0.2) is 0 Å². The van der Waals surface area contributed by atoms with E-state index < -0.39 is 0 Å². The van der Waals surface area contributed by atoms with Crippen molar-refractivity contribution in [3.63, 3.8) is 0 Å². The summed E-state index contributed by atoms with van der Waals surface area (Å²) in [7, 11) is 0. The third kappa shape index (κ3) is 1.41. The van der Waals surface area contributed by atoms with Crippen LogP contribution in [0.15, 0.2) is 66.0 Å². The first-order valence-corrected chi connectivity index (χ1v) is 6.18. The molecule has 0 radical (unpaired) electrons. The molecule has 4 rings (SSSR count). The van der Waals surface area contributed by atoms with Crippen molar-refractivity contribution in [1.29, 1.82) is 0 Å². The van der Waals surface area contributed by atoms with Crippen molar-refractivity contribution < 1.29 is 4.74 Å². The van der Waals surface area contributed by atoms with E-state index in [4.69, 9.17) is 4.74 Å². The molecule has 1 aliphatic carbocycles. The van der Waals surface area contributed by atoms with Crippen LogP contribution in [0.5, 0.6) is 5.75 Å². The first-order chi connectivity index (χ1) is 8.90. The van der Waals surface area contributed by atoms with E-state index in [1.807, 2.05) is 6.08 Å². The van der Waals surface area contributed by atoms with Gasteiger partial charge in [0.2, 0.25) is 0 Å². The van der Waals surface area contributed by atoms with Gasteiger partial charge in [0.15, 0.2) is 0 Å². The maximum Gasteiger partial charge on any atom is 0.135 e. The van der Waals surface area contributed by atoms with Gasteiger partial charge in [0.1, 0.15) is 11.5 Å². The van der Waals surface area contributed by atoms with E-state index in [1.54, 1.807) is 0 Å². The Kier molecular flexibility index (Phi) is 1.95. The van der Waals surface area contributed by atoms with Crippen LogP contribution in [-0.2, 0) is 0 Å². The number of rotatable bonds is 0. The monoisotopic (exact) mass is 232 g/mol. The van der Waals surface area contributed by atoms with Gasteiger partial charge >= 0.3 is 0 Å². The minimum Gasteiger partial charge on any atom is -0.456 e. The Morgan fingerprint density at radius 1 is 1.00 bits per heavy atom. The molecule has 2 aliphatic rings. The quantitative estimate of drug-likeness (QED) is 0.651. The molecule has 0 saturated carbocycles. The van der Waals surface area contributed by atoms with E-state index in [0.29, 0.717) is 0 Å². The zero-order valence-electron chi connectivity index (χ0n) is 9.89. The largest absolute Gasteiger partial charge is 0.456 e. The molecule has 1 nitrogen and oxygen atoms in total. The lowest BCUT2D eigenvalue weighted by Gasteiger charge is -2.22. The molecule has 0 amide bonds. The predicted molar refractivity (Wildman–Crippen MR) is 74.4 cm³/mol. The van der Waals surface area contributed by atoms with Crippen LogP contribution in [0.25, 0.3) is 16.8 Å². The molecule has 0 bridgehead atoms. The Morgan fingerprint density at radius 3 is 2.72 bits per heavy atom. The number of hydrogen-bond acceptors (Lipinski definition) is 1. The molecule has 0 aromatic heterocycles. The van der Waals surface area contributed by atoms with E-state index in [-0.39, 0.29) is 0 Å². The predicted octanol–water partition coefficient (Wildman–Crippen LogP) is 4.46. The summed E-state index contributed by atoms with van der Waals surface area (Å²) in [6.07, 6.45) is 9.44. The molecule has 18 heavy (non-hydrogen) atoms. The summed E-state index contributed by atoms with van der Waals surface area (Å²) in [4.78, 5) is 0. The highest BCUT2D eigenvalue weighted by Crippen LogP contribution is 2.37. The van der Waals surface area contributed by atoms with Crippen molar-refractivity contribution in [2.75, 3.05) is 0 Å². The van der Waals surface area contributed by atoms with Gasteiger partial charge in [0.05, 0.1) is 0 Å². The first kappa shape index (κ1) is 9.72. The highest BCUT2D eigenvalue weighted by Gasteiger charge is 2.17. The van der Waals surface area contributed by atoms with Crippen LogP contribution in [0.2, 0.25) is 0 Å². The molecule has 2 aromatic rings. The fourth-order valence-electron chi connectivity index (χ4n) is 2.53. The Morgan fingerprint density at radius 2 is 1.83 bits per heavy atom. The standard InChI is InChI=1S/C17H12O/c1-2-6-13-11-17-15(9-12(13)5-1)10-14-7-3-4-8-16(14)18-17/h1-6,8-11H,7H2. The summed E-state index contributed by atoms with van der Waals surface area (Å²) < 4.78 is 5.99. The van der Waals surface area contributed by atoms with Crippen LogP contribution >= 0.6 is 0 Å². The zero-order chi connectivity index (χ0) is 11.9. The SMILES string of the molecule is C1=CCC2=Cc3cc4ccccc4cc3OC2=C1. The van der Waals surface area contributed by atoms with Crippen LogP contribution in [-0.4, -0.2) is 0 Å². The van der Waals surface area contributed by atoms with Crippen molar-refractivity contribution in [2.24, 2.45) is 0 Å². The summed E-state index contributed by atoms with van der Waals surface area (Å²) in [6.45, 7) is 0. The zero-order valence-corrected chi connectivity index (χ0v) is 9.89. The van der Waals surface area contributed by atoms with Gasteiger partial charge in [0.25, 0.3) is 0 Å². The number of allylic oxidation sites excluding steroid dienone is 4. The fraction of sp³-hybridized carbons (Fsp3) is 0.0588. The van der Waals surface area contributed by atoms with E-state index in [1.165, 1.54) is 21.9 Å². The fourth-order valence-corrected chi connectivity index (χ4v) is 2.53. The van der Waals surface area contributed by atoms with Gasteiger partial charge in [-0.05, 0) is 47.1 Å². The molecule has 0 unspecified atom stereocenters. The number of hydrogen-bond donors (Lipinski definition) is 0. The second-order valence-electron chi connectivity index (χ2n) is 4.67. The molecular weight excluding hydrogens is 220 g/mol. The Balaban J connectivity index is 1.96. The van der Waals surface area contributed by atoms with Crippen molar-refractivity contribution in [3.8, 4) is 5.75 Å². The van der Waals surface area contributed by atoms with E-state index in [9.17, 15) is 0 Å². The van der Waals surface area contributed by atoms with Gasteiger partial charge in [-0.3, -0.25) is 0 Å². The van der Waals surface area contributed by atoms with Crippen molar-refractivity contribution in [2.45, 2.75) is 6.42 Å². The normalized spacial score (nSPS) is 16.4. The van der Waals surface area contributed by atoms with Crippen LogP contribution in [0.4, 0.5) is 0 Å². The Labute approximate surface area is 106 Å². The van der Waals surface area contributed by atoms with Crippen LogP contribution in [0, 0.1) is 0 Å². The molecule has 1 aliphatic heterocycles. The van der Waals surface area contributed by atoms with E-state index >= 15 is 0 Å². The van der Waals surface area contributed by atoms with E-state index in [0.717, 1.165) is 17.9 Å². The molecule has 0 atom stereocenters. The maximum atomic E-state index is 5.99. The number of ether oxygens (including phenoxy) is 1. The molecule has 0 saturated heterocycles. The minimum atomic E-state index is 0.956. The lowest BCUT2D eigenvalue weighted by Crippen LogP contribution is -2.06. The molecule has 86 valence electrons. The summed E-state index contributed by atoms with van der Waals surface area (Å²) in [5.74, 6) is 1.94. The molecule has 2 aromatic carbocycles. The first-order valence-electron chi connectivity index (χ1n) is 6.18. The van der Waals surface area contributed by atoms with Crippen molar-refractivity contribution >= 4 is 16.8 Å². The summed E-state index contributed by atoms with van der Waals surface area (Å²) in [5.41, 5.74) is 2.44. The van der Waals surface area contributed by atoms with Crippen molar-refractivity contribution in [1.82, 2.24) is 0 Å². The average Bonchev–Trinajstić information content (AvgIpc) is 2.42. The molecule has 1 heterocycles. The average molecular weight is 232 g/mol. The molecular formula is C17H12O. The number of fused-ring (bicyclic) bond motifs is 3.